The third-order valence-corrected chi connectivity index (χ3v) is 3.30. The molecule has 2 amide bonds. The first-order chi connectivity index (χ1) is 10.8. The third-order valence-electron chi connectivity index (χ3n) is 3.30. The summed E-state index contributed by atoms with van der Waals surface area (Å²) in [5, 5.41) is 14.9. The molecular formula is C15H14N6O. The Morgan fingerprint density at radius 2 is 2.18 bits per heavy atom. The maximum atomic E-state index is 11.9. The molecule has 2 aromatic rings. The minimum atomic E-state index is -0.0967. The molecule has 3 rings (SSSR count). The van der Waals surface area contributed by atoms with Crippen LogP contribution in [-0.2, 0) is 0 Å². The molecule has 22 heavy (non-hydrogen) atoms. The van der Waals surface area contributed by atoms with Crippen molar-refractivity contribution in [3.63, 3.8) is 0 Å². The lowest BCUT2D eigenvalue weighted by Gasteiger charge is -2.27. The summed E-state index contributed by atoms with van der Waals surface area (Å²) in [6, 6.07) is 9.31. The van der Waals surface area contributed by atoms with Gasteiger partial charge in [-0.05, 0) is 24.6 Å². The molecule has 0 saturated carbocycles. The summed E-state index contributed by atoms with van der Waals surface area (Å²) in [4.78, 5) is 21.7. The van der Waals surface area contributed by atoms with Crippen LogP contribution in [0.4, 0.5) is 22.0 Å². The number of carbonyl (C=O) groups excluding carboxylic acids is 1. The van der Waals surface area contributed by atoms with Crippen LogP contribution in [-0.4, -0.2) is 29.1 Å². The van der Waals surface area contributed by atoms with E-state index in [9.17, 15) is 4.79 Å². The Hall–Kier alpha value is -3.14. The molecule has 0 atom stereocenters. The summed E-state index contributed by atoms with van der Waals surface area (Å²) in [5.41, 5.74) is 1.76. The van der Waals surface area contributed by atoms with Crippen LogP contribution in [0.25, 0.3) is 0 Å². The number of benzene rings is 1. The molecule has 1 saturated heterocycles. The summed E-state index contributed by atoms with van der Waals surface area (Å²) < 4.78 is 0. The Bertz CT molecular complexity index is 739. The van der Waals surface area contributed by atoms with Crippen LogP contribution in [0.3, 0.4) is 0 Å². The van der Waals surface area contributed by atoms with Crippen molar-refractivity contribution in [2.24, 2.45) is 0 Å². The van der Waals surface area contributed by atoms with Crippen LogP contribution >= 0.6 is 0 Å². The predicted octanol–water partition coefficient (Wildman–Crippen LogP) is 2.01. The van der Waals surface area contributed by atoms with Gasteiger partial charge in [0.2, 0.25) is 0 Å². The molecule has 1 aromatic heterocycles. The van der Waals surface area contributed by atoms with Crippen LogP contribution in [0.5, 0.6) is 0 Å². The van der Waals surface area contributed by atoms with Crippen molar-refractivity contribution in [3.8, 4) is 6.07 Å². The van der Waals surface area contributed by atoms with Gasteiger partial charge in [0.1, 0.15) is 6.07 Å². The number of nitrogens with one attached hydrogen (secondary N) is 2. The number of nitrogens with zero attached hydrogens (tertiary/aromatic N) is 4. The van der Waals surface area contributed by atoms with E-state index in [1.54, 1.807) is 4.90 Å². The van der Waals surface area contributed by atoms with Crippen molar-refractivity contribution in [1.82, 2.24) is 15.3 Å². The highest BCUT2D eigenvalue weighted by molar-refractivity contribution is 5.93. The zero-order valence-electron chi connectivity index (χ0n) is 11.8. The van der Waals surface area contributed by atoms with Gasteiger partial charge < -0.3 is 10.6 Å². The van der Waals surface area contributed by atoms with E-state index < -0.39 is 0 Å². The molecule has 1 aliphatic heterocycles. The Labute approximate surface area is 127 Å². The van der Waals surface area contributed by atoms with Gasteiger partial charge in [0.05, 0.1) is 0 Å². The zero-order chi connectivity index (χ0) is 15.4. The molecule has 2 N–H and O–H groups in total. The van der Waals surface area contributed by atoms with Gasteiger partial charge in [0.15, 0.2) is 11.5 Å². The monoisotopic (exact) mass is 294 g/mol. The number of aromatic nitrogens is 2. The first-order valence-electron chi connectivity index (χ1n) is 6.91. The highest BCUT2D eigenvalue weighted by Gasteiger charge is 2.19. The Morgan fingerprint density at radius 1 is 1.32 bits per heavy atom. The normalized spacial score (nSPS) is 14.1. The van der Waals surface area contributed by atoms with Crippen molar-refractivity contribution in [1.29, 1.82) is 5.26 Å². The molecule has 2 heterocycles. The van der Waals surface area contributed by atoms with Crippen LogP contribution < -0.4 is 15.5 Å². The lowest BCUT2D eigenvalue weighted by atomic mass is 10.2. The second-order valence-corrected chi connectivity index (χ2v) is 4.78. The van der Waals surface area contributed by atoms with Crippen molar-refractivity contribution < 1.29 is 4.79 Å². The molecule has 0 unspecified atom stereocenters. The highest BCUT2D eigenvalue weighted by Crippen LogP contribution is 2.23. The highest BCUT2D eigenvalue weighted by atomic mass is 16.2. The van der Waals surface area contributed by atoms with E-state index in [1.807, 2.05) is 30.3 Å². The Morgan fingerprint density at radius 3 is 3.00 bits per heavy atom. The number of hydrogen-bond acceptors (Lipinski definition) is 5. The van der Waals surface area contributed by atoms with Crippen LogP contribution in [0.15, 0.2) is 36.7 Å². The quantitative estimate of drug-likeness (QED) is 0.903. The second-order valence-electron chi connectivity index (χ2n) is 4.78. The van der Waals surface area contributed by atoms with Gasteiger partial charge in [-0.1, -0.05) is 6.07 Å². The summed E-state index contributed by atoms with van der Waals surface area (Å²) >= 11 is 0. The van der Waals surface area contributed by atoms with Crippen molar-refractivity contribution in [3.05, 3.63) is 42.4 Å². The predicted molar refractivity (Wildman–Crippen MR) is 81.8 cm³/mol. The summed E-state index contributed by atoms with van der Waals surface area (Å²) in [5.74, 6) is 0.394. The molecule has 7 heteroatoms. The number of amides is 2. The zero-order valence-corrected chi connectivity index (χ0v) is 11.8. The van der Waals surface area contributed by atoms with E-state index in [0.29, 0.717) is 18.9 Å². The number of urea groups is 1. The third kappa shape index (κ3) is 2.81. The first kappa shape index (κ1) is 13.8. The van der Waals surface area contributed by atoms with Crippen LogP contribution in [0.2, 0.25) is 0 Å². The fourth-order valence-corrected chi connectivity index (χ4v) is 2.28. The minimum Gasteiger partial charge on any atom is -0.338 e. The van der Waals surface area contributed by atoms with Gasteiger partial charge >= 0.3 is 6.03 Å². The molecule has 1 fully saturated rings. The lowest BCUT2D eigenvalue weighted by molar-refractivity contribution is 0.243. The standard InChI is InChI=1S/C15H14N6O/c16-10-13-14(18-7-6-17-13)20-11-3-1-4-12(9-11)21-8-2-5-19-15(21)22/h1,3-4,6-7,9H,2,5,8H2,(H,18,20)(H,19,22). The average Bonchev–Trinajstić information content (AvgIpc) is 2.56. The maximum Gasteiger partial charge on any atom is 0.321 e. The molecule has 0 spiro atoms. The first-order valence-corrected chi connectivity index (χ1v) is 6.91. The van der Waals surface area contributed by atoms with Crippen molar-refractivity contribution >= 4 is 23.2 Å². The van der Waals surface area contributed by atoms with Crippen LogP contribution in [0.1, 0.15) is 12.1 Å². The SMILES string of the molecule is N#Cc1nccnc1Nc1cccc(N2CCCNC2=O)c1. The molecule has 110 valence electrons. The topological polar surface area (TPSA) is 93.9 Å². The molecular weight excluding hydrogens is 280 g/mol. The summed E-state index contributed by atoms with van der Waals surface area (Å²) in [7, 11) is 0. The molecule has 0 bridgehead atoms. The van der Waals surface area contributed by atoms with Gasteiger partial charge in [-0.25, -0.2) is 14.8 Å². The van der Waals surface area contributed by atoms with Crippen LogP contribution in [0, 0.1) is 11.3 Å². The number of carbonyl (C=O) groups is 1. The molecule has 0 radical (unpaired) electrons. The largest absolute Gasteiger partial charge is 0.338 e. The lowest BCUT2D eigenvalue weighted by Crippen LogP contribution is -2.46. The number of hydrogen-bond donors (Lipinski definition) is 2. The van der Waals surface area contributed by atoms with E-state index in [4.69, 9.17) is 5.26 Å². The van der Waals surface area contributed by atoms with E-state index in [-0.39, 0.29) is 11.7 Å². The van der Waals surface area contributed by atoms with E-state index in [2.05, 4.69) is 20.6 Å². The maximum absolute atomic E-state index is 11.9. The Balaban J connectivity index is 1.85. The van der Waals surface area contributed by atoms with Crippen molar-refractivity contribution in [2.75, 3.05) is 23.3 Å². The summed E-state index contributed by atoms with van der Waals surface area (Å²) in [6.45, 7) is 1.39. The summed E-state index contributed by atoms with van der Waals surface area (Å²) in [6.07, 6.45) is 3.90. The van der Waals surface area contributed by atoms with Crippen molar-refractivity contribution in [2.45, 2.75) is 6.42 Å². The van der Waals surface area contributed by atoms with Gasteiger partial charge in [-0.15, -0.1) is 0 Å². The van der Waals surface area contributed by atoms with Gasteiger partial charge in [-0.2, -0.15) is 5.26 Å². The number of anilines is 3. The van der Waals surface area contributed by atoms with Gasteiger partial charge in [0.25, 0.3) is 0 Å². The minimum absolute atomic E-state index is 0.0967. The van der Waals surface area contributed by atoms with E-state index >= 15 is 0 Å². The number of nitriles is 1. The number of rotatable bonds is 3. The van der Waals surface area contributed by atoms with Gasteiger partial charge in [0, 0.05) is 36.9 Å². The molecule has 0 aliphatic carbocycles. The Kier molecular flexibility index (Phi) is 3.83. The van der Waals surface area contributed by atoms with Gasteiger partial charge in [-0.3, -0.25) is 4.90 Å². The second kappa shape index (κ2) is 6.10. The smallest absolute Gasteiger partial charge is 0.321 e. The molecule has 7 nitrogen and oxygen atoms in total. The molecule has 1 aliphatic rings. The fraction of sp³-hybridized carbons (Fsp3) is 0.200. The van der Waals surface area contributed by atoms with E-state index in [0.717, 1.165) is 17.8 Å². The molecule has 1 aromatic carbocycles. The van der Waals surface area contributed by atoms with E-state index in [1.165, 1.54) is 12.4 Å². The fourth-order valence-electron chi connectivity index (χ4n) is 2.28. The average molecular weight is 294 g/mol.